The molecule has 0 bridgehead atoms. The number of quaternary nitrogens is 1. The van der Waals surface area contributed by atoms with Gasteiger partial charge in [0, 0.05) is 13.5 Å². The molecule has 156 valence electrons. The lowest BCUT2D eigenvalue weighted by Gasteiger charge is -2.32. The van der Waals surface area contributed by atoms with E-state index < -0.39 is 41.2 Å². The van der Waals surface area contributed by atoms with Gasteiger partial charge in [-0.25, -0.2) is 0 Å². The average Bonchev–Trinajstić information content (AvgIpc) is 3.19. The van der Waals surface area contributed by atoms with Gasteiger partial charge in [-0.15, -0.1) is 0 Å². The van der Waals surface area contributed by atoms with Crippen molar-refractivity contribution in [2.24, 2.45) is 11.8 Å². The molecule has 2 saturated heterocycles. The number of likely N-dealkylation sites (tertiary alicyclic amines) is 1. The molecule has 0 aromatic heterocycles. The number of carboxylic acids is 1. The van der Waals surface area contributed by atoms with Gasteiger partial charge in [0.15, 0.2) is 17.0 Å². The number of imide groups is 1. The largest absolute Gasteiger partial charge is 0.544 e. The number of phenols is 1. The van der Waals surface area contributed by atoms with Crippen molar-refractivity contribution in [3.05, 3.63) is 59.7 Å². The molecule has 2 heterocycles. The number of phenolic OH excluding ortho intramolecular Hbond substituents is 1. The Balaban J connectivity index is 1.88. The van der Waals surface area contributed by atoms with Crippen molar-refractivity contribution in [2.75, 3.05) is 14.2 Å². The van der Waals surface area contributed by atoms with Crippen LogP contribution in [0.15, 0.2) is 48.5 Å². The number of carboxylic acid groups (broad SMARTS) is 1. The van der Waals surface area contributed by atoms with Crippen LogP contribution in [0.3, 0.4) is 0 Å². The minimum Gasteiger partial charge on any atom is -0.544 e. The van der Waals surface area contributed by atoms with E-state index in [-0.39, 0.29) is 17.9 Å². The van der Waals surface area contributed by atoms with E-state index in [1.807, 2.05) is 6.07 Å². The molecule has 3 N–H and O–H groups in total. The number of carbonyl (C=O) groups is 3. The molecule has 2 amide bonds. The minimum absolute atomic E-state index is 0.00539. The van der Waals surface area contributed by atoms with E-state index in [9.17, 15) is 24.6 Å². The van der Waals surface area contributed by atoms with E-state index >= 15 is 0 Å². The van der Waals surface area contributed by atoms with E-state index in [0.717, 1.165) is 4.90 Å². The second-order valence-electron chi connectivity index (χ2n) is 7.82. The van der Waals surface area contributed by atoms with Gasteiger partial charge < -0.3 is 25.1 Å². The summed E-state index contributed by atoms with van der Waals surface area (Å²) in [5.74, 6) is -4.46. The van der Waals surface area contributed by atoms with E-state index in [1.54, 1.807) is 42.5 Å². The van der Waals surface area contributed by atoms with Gasteiger partial charge in [0.2, 0.25) is 11.8 Å². The molecule has 0 spiro atoms. The number of hydrogen-bond donors (Lipinski definition) is 2. The van der Waals surface area contributed by atoms with Crippen molar-refractivity contribution in [1.82, 2.24) is 4.90 Å². The molecule has 8 heteroatoms. The summed E-state index contributed by atoms with van der Waals surface area (Å²) in [6.45, 7) is 0. The molecule has 30 heavy (non-hydrogen) atoms. The first-order valence-corrected chi connectivity index (χ1v) is 9.60. The molecular formula is C22H22N2O6. The number of aliphatic carboxylic acids is 1. The van der Waals surface area contributed by atoms with Crippen LogP contribution in [0, 0.1) is 11.8 Å². The van der Waals surface area contributed by atoms with E-state index in [4.69, 9.17) is 4.74 Å². The van der Waals surface area contributed by atoms with E-state index in [1.165, 1.54) is 19.5 Å². The Kier molecular flexibility index (Phi) is 4.74. The number of aromatic hydroxyl groups is 1. The molecule has 0 unspecified atom stereocenters. The van der Waals surface area contributed by atoms with Crippen molar-refractivity contribution in [3.63, 3.8) is 0 Å². The zero-order chi connectivity index (χ0) is 21.6. The highest BCUT2D eigenvalue weighted by Crippen LogP contribution is 2.47. The molecule has 2 aromatic carbocycles. The van der Waals surface area contributed by atoms with Crippen molar-refractivity contribution < 1.29 is 34.7 Å². The lowest BCUT2D eigenvalue weighted by molar-refractivity contribution is -0.738. The number of nitrogens with two attached hydrogens (primary N) is 1. The smallest absolute Gasteiger partial charge is 0.239 e. The third-order valence-corrected chi connectivity index (χ3v) is 6.32. The number of hydrogen-bond acceptors (Lipinski definition) is 6. The Hall–Kier alpha value is -3.39. The number of amides is 2. The predicted molar refractivity (Wildman–Crippen MR) is 102 cm³/mol. The molecule has 2 aliphatic heterocycles. The summed E-state index contributed by atoms with van der Waals surface area (Å²) in [4.78, 5) is 39.5. The van der Waals surface area contributed by atoms with E-state index in [2.05, 4.69) is 0 Å². The predicted octanol–water partition coefficient (Wildman–Crippen LogP) is -1.02. The molecule has 0 aliphatic carbocycles. The zero-order valence-corrected chi connectivity index (χ0v) is 16.6. The van der Waals surface area contributed by atoms with Gasteiger partial charge in [-0.2, -0.15) is 0 Å². The summed E-state index contributed by atoms with van der Waals surface area (Å²) >= 11 is 0. The molecule has 8 nitrogen and oxygen atoms in total. The van der Waals surface area contributed by atoms with Gasteiger partial charge in [0.05, 0.1) is 12.7 Å². The fourth-order valence-corrected chi connectivity index (χ4v) is 4.89. The highest BCUT2D eigenvalue weighted by molar-refractivity contribution is 6.08. The molecule has 2 aliphatic rings. The number of carbonyl (C=O) groups excluding carboxylic acids is 3. The zero-order valence-electron chi connectivity index (χ0n) is 16.6. The Bertz CT molecular complexity index is 1020. The normalized spacial score (nSPS) is 27.9. The quantitative estimate of drug-likeness (QED) is 0.609. The lowest BCUT2D eigenvalue weighted by Crippen LogP contribution is -2.99. The lowest BCUT2D eigenvalue weighted by atomic mass is 9.76. The highest BCUT2D eigenvalue weighted by atomic mass is 16.5. The van der Waals surface area contributed by atoms with Gasteiger partial charge >= 0.3 is 0 Å². The van der Waals surface area contributed by atoms with Crippen LogP contribution in [0.5, 0.6) is 11.5 Å². The monoisotopic (exact) mass is 410 g/mol. The van der Waals surface area contributed by atoms with Gasteiger partial charge in [-0.05, 0) is 17.7 Å². The maximum Gasteiger partial charge on any atom is 0.239 e. The Morgan fingerprint density at radius 1 is 1.17 bits per heavy atom. The summed E-state index contributed by atoms with van der Waals surface area (Å²) in [6, 6.07) is 13.0. The summed E-state index contributed by atoms with van der Waals surface area (Å²) in [5, 5.41) is 24.7. The average molecular weight is 410 g/mol. The van der Waals surface area contributed by atoms with Gasteiger partial charge in [-0.3, -0.25) is 14.5 Å². The van der Waals surface area contributed by atoms with Gasteiger partial charge in [0.1, 0.15) is 23.8 Å². The van der Waals surface area contributed by atoms with Crippen LogP contribution in [0.4, 0.5) is 0 Å². The van der Waals surface area contributed by atoms with Crippen LogP contribution in [-0.2, 0) is 20.8 Å². The third-order valence-electron chi connectivity index (χ3n) is 6.32. The first-order valence-electron chi connectivity index (χ1n) is 9.60. The fraction of sp³-hybridized carbons (Fsp3) is 0.318. The number of fused-ring (bicyclic) bond motifs is 1. The van der Waals surface area contributed by atoms with Crippen LogP contribution in [-0.4, -0.2) is 47.5 Å². The molecule has 0 saturated carbocycles. The second kappa shape index (κ2) is 7.14. The van der Waals surface area contributed by atoms with Crippen molar-refractivity contribution in [1.29, 1.82) is 0 Å². The molecule has 4 atom stereocenters. The number of benzene rings is 2. The number of methoxy groups -OCH3 is 1. The highest BCUT2D eigenvalue weighted by Gasteiger charge is 2.69. The Morgan fingerprint density at radius 3 is 2.50 bits per heavy atom. The topological polar surface area (TPSA) is 124 Å². The maximum absolute atomic E-state index is 13.0. The van der Waals surface area contributed by atoms with Crippen molar-refractivity contribution in [2.45, 2.75) is 18.0 Å². The number of rotatable bonds is 5. The van der Waals surface area contributed by atoms with Crippen LogP contribution >= 0.6 is 0 Å². The summed E-state index contributed by atoms with van der Waals surface area (Å²) < 4.78 is 5.17. The summed E-state index contributed by atoms with van der Waals surface area (Å²) in [7, 11) is 2.76. The second-order valence-corrected chi connectivity index (χ2v) is 7.82. The molecular weight excluding hydrogens is 388 g/mol. The Morgan fingerprint density at radius 2 is 1.87 bits per heavy atom. The van der Waals surface area contributed by atoms with Crippen molar-refractivity contribution >= 4 is 17.8 Å². The van der Waals surface area contributed by atoms with E-state index in [0.29, 0.717) is 11.1 Å². The van der Waals surface area contributed by atoms with Crippen LogP contribution in [0.2, 0.25) is 0 Å². The minimum atomic E-state index is -1.69. The SMILES string of the molecule is COc1cccc([C@H]2[NH2+][C@@](Cc3ccccc3)(C(=O)[O-])[C@H]3C(=O)N(C)C(=O)[C@H]23)c1O. The number of ether oxygens (including phenoxy) is 1. The molecule has 4 rings (SSSR count). The van der Waals surface area contributed by atoms with Crippen molar-refractivity contribution in [3.8, 4) is 11.5 Å². The number of nitrogens with zero attached hydrogens (tertiary/aromatic N) is 1. The first-order chi connectivity index (χ1) is 14.3. The standard InChI is InChI=1S/C22H22N2O6/c1-24-19(26)15-16(20(24)27)22(21(28)29,11-12-7-4-3-5-8-12)23-17(15)13-9-6-10-14(30-2)18(13)25/h3-10,15-17,23,25H,11H2,1-2H3,(H,28,29)/t15-,16+,17+,22+/m0/s1. The van der Waals surface area contributed by atoms with Crippen LogP contribution in [0.1, 0.15) is 17.2 Å². The van der Waals surface area contributed by atoms with Crippen LogP contribution < -0.4 is 15.2 Å². The first kappa shape index (κ1) is 19.9. The van der Waals surface area contributed by atoms with Crippen LogP contribution in [0.25, 0.3) is 0 Å². The van der Waals surface area contributed by atoms with Gasteiger partial charge in [-0.1, -0.05) is 36.4 Å². The Labute approximate surface area is 173 Å². The van der Waals surface area contributed by atoms with Gasteiger partial charge in [0.25, 0.3) is 0 Å². The fourth-order valence-electron chi connectivity index (χ4n) is 4.89. The third kappa shape index (κ3) is 2.75. The number of para-hydroxylation sites is 1. The maximum atomic E-state index is 13.0. The summed E-state index contributed by atoms with van der Waals surface area (Å²) in [6.07, 6.45) is 0.00539. The summed E-state index contributed by atoms with van der Waals surface area (Å²) in [5.41, 5.74) is -0.636. The molecule has 2 fully saturated rings. The molecule has 0 radical (unpaired) electrons. The molecule has 2 aromatic rings.